The van der Waals surface area contributed by atoms with Gasteiger partial charge in [-0.15, -0.1) is 0 Å². The van der Waals surface area contributed by atoms with Gasteiger partial charge in [-0.25, -0.2) is 4.39 Å². The quantitative estimate of drug-likeness (QED) is 0.386. The Balaban J connectivity index is 1.72. The number of nitriles is 1. The van der Waals surface area contributed by atoms with Crippen molar-refractivity contribution in [2.24, 2.45) is 0 Å². The Bertz CT molecular complexity index is 1090. The minimum absolute atomic E-state index is 0.0180. The number of amides is 1. The summed E-state index contributed by atoms with van der Waals surface area (Å²) in [6.07, 6.45) is 1.43. The van der Waals surface area contributed by atoms with Crippen LogP contribution in [0.25, 0.3) is 6.08 Å². The zero-order valence-corrected chi connectivity index (χ0v) is 16.8. The second-order valence-corrected chi connectivity index (χ2v) is 6.92. The molecular formula is C23H16BrFN2O2. The number of carbonyl (C=O) groups is 1. The van der Waals surface area contributed by atoms with Crippen LogP contribution in [0, 0.1) is 17.1 Å². The molecule has 0 unspecified atom stereocenters. The van der Waals surface area contributed by atoms with Gasteiger partial charge in [0.25, 0.3) is 5.91 Å². The largest absolute Gasteiger partial charge is 0.488 e. The number of ether oxygens (including phenoxy) is 1. The highest BCUT2D eigenvalue weighted by molar-refractivity contribution is 9.10. The molecule has 0 radical (unpaired) electrons. The lowest BCUT2D eigenvalue weighted by Gasteiger charge is -2.09. The first-order valence-electron chi connectivity index (χ1n) is 8.71. The topological polar surface area (TPSA) is 62.1 Å². The van der Waals surface area contributed by atoms with Gasteiger partial charge in [0.15, 0.2) is 0 Å². The second-order valence-electron chi connectivity index (χ2n) is 6.07. The maximum Gasteiger partial charge on any atom is 0.266 e. The van der Waals surface area contributed by atoms with E-state index >= 15 is 0 Å². The third-order valence-corrected chi connectivity index (χ3v) is 4.61. The fourth-order valence-corrected chi connectivity index (χ4v) is 3.04. The standard InChI is InChI=1S/C23H16BrFN2O2/c24-19-13-17(10-11-22(19)29-15-16-6-2-1-3-7-16)12-18(14-26)23(28)27-21-9-5-4-8-20(21)25/h1-13H,15H2,(H,27,28)/b18-12+. The van der Waals surface area contributed by atoms with Crippen LogP contribution in [0.2, 0.25) is 0 Å². The number of nitrogens with one attached hydrogen (secondary N) is 1. The number of anilines is 1. The highest BCUT2D eigenvalue weighted by Gasteiger charge is 2.12. The highest BCUT2D eigenvalue weighted by atomic mass is 79.9. The van der Waals surface area contributed by atoms with Gasteiger partial charge >= 0.3 is 0 Å². The van der Waals surface area contributed by atoms with Crippen molar-refractivity contribution in [2.45, 2.75) is 6.61 Å². The Morgan fingerprint density at radius 1 is 1.10 bits per heavy atom. The molecule has 0 atom stereocenters. The molecule has 144 valence electrons. The molecule has 0 aliphatic rings. The van der Waals surface area contributed by atoms with E-state index in [0.717, 1.165) is 5.56 Å². The Kier molecular flexibility index (Phi) is 6.77. The van der Waals surface area contributed by atoms with Crippen molar-refractivity contribution in [3.63, 3.8) is 0 Å². The minimum Gasteiger partial charge on any atom is -0.488 e. The monoisotopic (exact) mass is 450 g/mol. The summed E-state index contributed by atoms with van der Waals surface area (Å²) in [4.78, 5) is 12.3. The summed E-state index contributed by atoms with van der Waals surface area (Å²) in [6.45, 7) is 0.420. The van der Waals surface area contributed by atoms with Crippen LogP contribution in [0.15, 0.2) is 82.8 Å². The minimum atomic E-state index is -0.682. The zero-order valence-electron chi connectivity index (χ0n) is 15.2. The van der Waals surface area contributed by atoms with Crippen molar-refractivity contribution < 1.29 is 13.9 Å². The number of benzene rings is 3. The van der Waals surface area contributed by atoms with Crippen LogP contribution in [-0.4, -0.2) is 5.91 Å². The molecule has 0 bridgehead atoms. The van der Waals surface area contributed by atoms with E-state index < -0.39 is 11.7 Å². The molecule has 29 heavy (non-hydrogen) atoms. The SMILES string of the molecule is N#C/C(=C\c1ccc(OCc2ccccc2)c(Br)c1)C(=O)Nc1ccccc1F. The summed E-state index contributed by atoms with van der Waals surface area (Å²) in [5, 5.41) is 11.7. The van der Waals surface area contributed by atoms with Crippen LogP contribution in [0.4, 0.5) is 10.1 Å². The average molecular weight is 451 g/mol. The van der Waals surface area contributed by atoms with E-state index in [2.05, 4.69) is 21.2 Å². The predicted octanol–water partition coefficient (Wildman–Crippen LogP) is 5.71. The van der Waals surface area contributed by atoms with Gasteiger partial charge in [0.05, 0.1) is 10.2 Å². The molecule has 0 saturated carbocycles. The number of halogens is 2. The van der Waals surface area contributed by atoms with Crippen LogP contribution in [0.1, 0.15) is 11.1 Å². The summed E-state index contributed by atoms with van der Waals surface area (Å²) in [6, 6.07) is 22.6. The van der Waals surface area contributed by atoms with Crippen molar-refractivity contribution in [3.8, 4) is 11.8 Å². The van der Waals surface area contributed by atoms with Crippen molar-refractivity contribution in [1.29, 1.82) is 5.26 Å². The van der Waals surface area contributed by atoms with Crippen molar-refractivity contribution >= 4 is 33.6 Å². The number of para-hydroxylation sites is 1. The number of carbonyl (C=O) groups excluding carboxylic acids is 1. The predicted molar refractivity (Wildman–Crippen MR) is 114 cm³/mol. The lowest BCUT2D eigenvalue weighted by atomic mass is 10.1. The molecule has 4 nitrogen and oxygen atoms in total. The molecule has 3 aromatic carbocycles. The number of rotatable bonds is 6. The maximum atomic E-state index is 13.7. The zero-order chi connectivity index (χ0) is 20.6. The first-order chi connectivity index (χ1) is 14.1. The molecule has 0 aromatic heterocycles. The molecule has 0 fully saturated rings. The van der Waals surface area contributed by atoms with E-state index in [9.17, 15) is 14.4 Å². The summed E-state index contributed by atoms with van der Waals surface area (Å²) in [5.41, 5.74) is 1.55. The van der Waals surface area contributed by atoms with Gasteiger partial charge in [0.1, 0.15) is 29.8 Å². The number of hydrogen-bond donors (Lipinski definition) is 1. The summed E-state index contributed by atoms with van der Waals surface area (Å²) < 4.78 is 20.2. The molecule has 0 saturated heterocycles. The Labute approximate surface area is 176 Å². The fourth-order valence-electron chi connectivity index (χ4n) is 2.53. The lowest BCUT2D eigenvalue weighted by Crippen LogP contribution is -2.14. The van der Waals surface area contributed by atoms with Gasteiger partial charge in [-0.1, -0.05) is 48.5 Å². The average Bonchev–Trinajstić information content (AvgIpc) is 2.73. The van der Waals surface area contributed by atoms with Gasteiger partial charge in [-0.05, 0) is 57.4 Å². The van der Waals surface area contributed by atoms with Crippen molar-refractivity contribution in [2.75, 3.05) is 5.32 Å². The van der Waals surface area contributed by atoms with Gasteiger partial charge in [0, 0.05) is 0 Å². The van der Waals surface area contributed by atoms with Crippen LogP contribution >= 0.6 is 15.9 Å². The molecule has 6 heteroatoms. The number of nitrogens with zero attached hydrogens (tertiary/aromatic N) is 1. The Morgan fingerprint density at radius 3 is 2.52 bits per heavy atom. The lowest BCUT2D eigenvalue weighted by molar-refractivity contribution is -0.112. The Morgan fingerprint density at radius 2 is 1.83 bits per heavy atom. The third kappa shape index (κ3) is 5.53. The molecule has 0 aliphatic heterocycles. The summed E-state index contributed by atoms with van der Waals surface area (Å²) in [5.74, 6) is -0.612. The molecular weight excluding hydrogens is 435 g/mol. The van der Waals surface area contributed by atoms with Gasteiger partial charge in [0.2, 0.25) is 0 Å². The van der Waals surface area contributed by atoms with Gasteiger partial charge in [-0.2, -0.15) is 5.26 Å². The van der Waals surface area contributed by atoms with E-state index in [1.807, 2.05) is 36.4 Å². The highest BCUT2D eigenvalue weighted by Crippen LogP contribution is 2.28. The molecule has 0 heterocycles. The van der Waals surface area contributed by atoms with E-state index in [0.29, 0.717) is 22.4 Å². The van der Waals surface area contributed by atoms with E-state index in [4.69, 9.17) is 4.74 Å². The van der Waals surface area contributed by atoms with Gasteiger partial charge in [-0.3, -0.25) is 4.79 Å². The summed E-state index contributed by atoms with van der Waals surface area (Å²) in [7, 11) is 0. The molecule has 0 aliphatic carbocycles. The van der Waals surface area contributed by atoms with E-state index in [1.165, 1.54) is 24.3 Å². The van der Waals surface area contributed by atoms with Gasteiger partial charge < -0.3 is 10.1 Å². The molecule has 1 N–H and O–H groups in total. The fraction of sp³-hybridized carbons (Fsp3) is 0.0435. The van der Waals surface area contributed by atoms with Crippen molar-refractivity contribution in [3.05, 3.63) is 99.8 Å². The van der Waals surface area contributed by atoms with E-state index in [1.54, 1.807) is 24.3 Å². The first-order valence-corrected chi connectivity index (χ1v) is 9.50. The maximum absolute atomic E-state index is 13.7. The molecule has 3 rings (SSSR count). The second kappa shape index (κ2) is 9.67. The molecule has 1 amide bonds. The van der Waals surface area contributed by atoms with Crippen LogP contribution in [0.3, 0.4) is 0 Å². The molecule has 0 spiro atoms. The normalized spacial score (nSPS) is 10.9. The van der Waals surface area contributed by atoms with Crippen LogP contribution < -0.4 is 10.1 Å². The number of hydrogen-bond acceptors (Lipinski definition) is 3. The first kappa shape index (κ1) is 20.3. The third-order valence-electron chi connectivity index (χ3n) is 3.99. The smallest absolute Gasteiger partial charge is 0.266 e. The Hall–Kier alpha value is -3.43. The van der Waals surface area contributed by atoms with Crippen LogP contribution in [-0.2, 0) is 11.4 Å². The van der Waals surface area contributed by atoms with Crippen molar-refractivity contribution in [1.82, 2.24) is 0 Å². The van der Waals surface area contributed by atoms with Crippen LogP contribution in [0.5, 0.6) is 5.75 Å². The van der Waals surface area contributed by atoms with E-state index in [-0.39, 0.29) is 11.3 Å². The molecule has 3 aromatic rings. The summed E-state index contributed by atoms with van der Waals surface area (Å²) >= 11 is 3.45.